The molecule has 0 spiro atoms. The van der Waals surface area contributed by atoms with Gasteiger partial charge in [-0.25, -0.2) is 8.78 Å². The highest BCUT2D eigenvalue weighted by Gasteiger charge is 2.18. The summed E-state index contributed by atoms with van der Waals surface area (Å²) in [6, 6.07) is 19.3. The van der Waals surface area contributed by atoms with Gasteiger partial charge in [-0.15, -0.1) is 0 Å². The second-order valence-electron chi connectivity index (χ2n) is 6.93. The van der Waals surface area contributed by atoms with E-state index in [0.717, 1.165) is 11.6 Å². The van der Waals surface area contributed by atoms with Crippen LogP contribution in [-0.2, 0) is 11.3 Å². The molecule has 3 rings (SSSR count). The van der Waals surface area contributed by atoms with E-state index < -0.39 is 17.6 Å². The van der Waals surface area contributed by atoms with Gasteiger partial charge in [0.25, 0.3) is 0 Å². The van der Waals surface area contributed by atoms with Crippen molar-refractivity contribution in [2.75, 3.05) is 0 Å². The van der Waals surface area contributed by atoms with E-state index in [0.29, 0.717) is 17.7 Å². The van der Waals surface area contributed by atoms with E-state index in [1.165, 1.54) is 12.1 Å². The second kappa shape index (κ2) is 9.24. The number of hydrogen-bond donors (Lipinski definition) is 1. The molecule has 0 aliphatic heterocycles. The first kappa shape index (κ1) is 20.4. The van der Waals surface area contributed by atoms with Gasteiger partial charge in [-0.3, -0.25) is 9.59 Å². The molecule has 0 bridgehead atoms. The van der Waals surface area contributed by atoms with E-state index in [9.17, 15) is 18.4 Å². The van der Waals surface area contributed by atoms with E-state index in [4.69, 9.17) is 0 Å². The van der Waals surface area contributed by atoms with Gasteiger partial charge in [-0.05, 0) is 23.3 Å². The molecule has 3 aromatic carbocycles. The molecule has 0 radical (unpaired) electrons. The Morgan fingerprint density at radius 2 is 1.62 bits per heavy atom. The minimum Gasteiger partial charge on any atom is -0.352 e. The van der Waals surface area contributed by atoms with Gasteiger partial charge in [-0.1, -0.05) is 61.5 Å². The van der Waals surface area contributed by atoms with Gasteiger partial charge in [0.1, 0.15) is 11.6 Å². The molecule has 0 fully saturated rings. The van der Waals surface area contributed by atoms with Crippen molar-refractivity contribution in [3.63, 3.8) is 0 Å². The van der Waals surface area contributed by atoms with E-state index in [-0.39, 0.29) is 23.7 Å². The summed E-state index contributed by atoms with van der Waals surface area (Å²) in [6.45, 7) is 2.12. The molecule has 3 aromatic rings. The number of halogens is 2. The summed E-state index contributed by atoms with van der Waals surface area (Å²) < 4.78 is 27.0. The third-order valence-electron chi connectivity index (χ3n) is 4.70. The van der Waals surface area contributed by atoms with Gasteiger partial charge in [0.05, 0.1) is 0 Å². The van der Waals surface area contributed by atoms with Gasteiger partial charge in [0.2, 0.25) is 5.91 Å². The minimum absolute atomic E-state index is 0.0743. The van der Waals surface area contributed by atoms with Gasteiger partial charge in [0.15, 0.2) is 5.78 Å². The first-order valence-electron chi connectivity index (χ1n) is 9.34. The van der Waals surface area contributed by atoms with Gasteiger partial charge in [-0.2, -0.15) is 0 Å². The minimum atomic E-state index is -0.659. The summed E-state index contributed by atoms with van der Waals surface area (Å²) in [4.78, 5) is 24.7. The largest absolute Gasteiger partial charge is 0.352 e. The number of Topliss-reactive ketones (excluding diaryl/α,β-unsaturated/α-hetero) is 1. The number of amides is 1. The number of ketones is 1. The molecule has 5 heteroatoms. The number of benzene rings is 3. The van der Waals surface area contributed by atoms with Crippen LogP contribution in [0.5, 0.6) is 0 Å². The molecule has 1 atom stereocenters. The maximum atomic E-state index is 13.9. The zero-order valence-electron chi connectivity index (χ0n) is 16.0. The molecule has 1 N–H and O–H groups in total. The van der Waals surface area contributed by atoms with Crippen molar-refractivity contribution in [3.8, 4) is 11.1 Å². The predicted octanol–water partition coefficient (Wildman–Crippen LogP) is 5.16. The zero-order chi connectivity index (χ0) is 20.8. The molecule has 0 heterocycles. The average Bonchev–Trinajstić information content (AvgIpc) is 2.73. The van der Waals surface area contributed by atoms with E-state index in [1.54, 1.807) is 31.2 Å². The normalized spacial score (nSPS) is 11.7. The molecule has 148 valence electrons. The van der Waals surface area contributed by atoms with Crippen molar-refractivity contribution in [2.45, 2.75) is 19.9 Å². The smallest absolute Gasteiger partial charge is 0.223 e. The summed E-state index contributed by atoms with van der Waals surface area (Å²) >= 11 is 0. The number of hydrogen-bond acceptors (Lipinski definition) is 2. The van der Waals surface area contributed by atoms with E-state index in [2.05, 4.69) is 5.32 Å². The van der Waals surface area contributed by atoms with E-state index in [1.807, 2.05) is 30.3 Å². The zero-order valence-corrected chi connectivity index (χ0v) is 16.0. The van der Waals surface area contributed by atoms with Gasteiger partial charge < -0.3 is 5.32 Å². The summed E-state index contributed by atoms with van der Waals surface area (Å²) in [5, 5.41) is 2.83. The molecule has 1 unspecified atom stereocenters. The average molecular weight is 393 g/mol. The van der Waals surface area contributed by atoms with Crippen LogP contribution < -0.4 is 5.32 Å². The molecule has 1 amide bonds. The fraction of sp³-hybridized carbons (Fsp3) is 0.167. The van der Waals surface area contributed by atoms with Gasteiger partial charge in [0, 0.05) is 36.1 Å². The SMILES string of the molecule is CC(CC(=O)c1ccc(-c2ccc(F)cc2F)cc1)C(=O)NCc1ccccc1. The molecular weight excluding hydrogens is 372 g/mol. The van der Waals surface area contributed by atoms with Crippen LogP contribution in [0.2, 0.25) is 0 Å². The Bertz CT molecular complexity index is 1000. The molecule has 0 saturated heterocycles. The molecule has 0 saturated carbocycles. The quantitative estimate of drug-likeness (QED) is 0.564. The third-order valence-corrected chi connectivity index (χ3v) is 4.70. The Kier molecular flexibility index (Phi) is 6.50. The van der Waals surface area contributed by atoms with Crippen molar-refractivity contribution < 1.29 is 18.4 Å². The van der Waals surface area contributed by atoms with Crippen LogP contribution in [0.4, 0.5) is 8.78 Å². The Morgan fingerprint density at radius 1 is 0.931 bits per heavy atom. The fourth-order valence-electron chi connectivity index (χ4n) is 3.01. The predicted molar refractivity (Wildman–Crippen MR) is 108 cm³/mol. The standard InChI is InChI=1S/C24H21F2NO2/c1-16(24(29)27-15-17-5-3-2-4-6-17)13-23(28)19-9-7-18(8-10-19)21-12-11-20(25)14-22(21)26/h2-12,14,16H,13,15H2,1H3,(H,27,29). The Morgan fingerprint density at radius 3 is 2.28 bits per heavy atom. The van der Waals surface area contributed by atoms with Crippen LogP contribution in [0.25, 0.3) is 11.1 Å². The highest BCUT2D eigenvalue weighted by molar-refractivity contribution is 5.98. The molecule has 0 aromatic heterocycles. The molecule has 0 aliphatic carbocycles. The summed E-state index contributed by atoms with van der Waals surface area (Å²) in [6.07, 6.45) is 0.0743. The highest BCUT2D eigenvalue weighted by atomic mass is 19.1. The second-order valence-corrected chi connectivity index (χ2v) is 6.93. The summed E-state index contributed by atoms with van der Waals surface area (Å²) in [5.74, 6) is -2.13. The van der Waals surface area contributed by atoms with Gasteiger partial charge >= 0.3 is 0 Å². The molecule has 0 aliphatic rings. The lowest BCUT2D eigenvalue weighted by Crippen LogP contribution is -2.30. The van der Waals surface area contributed by atoms with Crippen molar-refractivity contribution in [1.82, 2.24) is 5.32 Å². The van der Waals surface area contributed by atoms with Crippen LogP contribution in [0.3, 0.4) is 0 Å². The van der Waals surface area contributed by atoms with Crippen molar-refractivity contribution in [3.05, 3.63) is 95.6 Å². The Balaban J connectivity index is 1.59. The van der Waals surface area contributed by atoms with Crippen LogP contribution in [0, 0.1) is 17.6 Å². The molecular formula is C24H21F2NO2. The summed E-state index contributed by atoms with van der Waals surface area (Å²) in [5.41, 5.74) is 2.24. The molecule has 29 heavy (non-hydrogen) atoms. The first-order chi connectivity index (χ1) is 13.9. The van der Waals surface area contributed by atoms with Crippen molar-refractivity contribution >= 4 is 11.7 Å². The Hall–Kier alpha value is -3.34. The maximum Gasteiger partial charge on any atom is 0.223 e. The fourth-order valence-corrected chi connectivity index (χ4v) is 3.01. The van der Waals surface area contributed by atoms with Crippen LogP contribution in [0.15, 0.2) is 72.8 Å². The lowest BCUT2D eigenvalue weighted by molar-refractivity contribution is -0.124. The number of nitrogens with one attached hydrogen (secondary N) is 1. The van der Waals surface area contributed by atoms with Crippen LogP contribution >= 0.6 is 0 Å². The third kappa shape index (κ3) is 5.35. The lowest BCUT2D eigenvalue weighted by Gasteiger charge is -2.12. The summed E-state index contributed by atoms with van der Waals surface area (Å²) in [7, 11) is 0. The molecule has 3 nitrogen and oxygen atoms in total. The van der Waals surface area contributed by atoms with E-state index >= 15 is 0 Å². The van der Waals surface area contributed by atoms with Crippen molar-refractivity contribution in [2.24, 2.45) is 5.92 Å². The topological polar surface area (TPSA) is 46.2 Å². The van der Waals surface area contributed by atoms with Crippen molar-refractivity contribution in [1.29, 1.82) is 0 Å². The van der Waals surface area contributed by atoms with Crippen LogP contribution in [-0.4, -0.2) is 11.7 Å². The number of rotatable bonds is 7. The highest BCUT2D eigenvalue weighted by Crippen LogP contribution is 2.24. The first-order valence-corrected chi connectivity index (χ1v) is 9.34. The maximum absolute atomic E-state index is 13.9. The monoisotopic (exact) mass is 393 g/mol. The number of carbonyl (C=O) groups is 2. The lowest BCUT2D eigenvalue weighted by atomic mass is 9.97. The number of carbonyl (C=O) groups excluding carboxylic acids is 2. The van der Waals surface area contributed by atoms with Crippen LogP contribution in [0.1, 0.15) is 29.3 Å². The Labute approximate surface area is 168 Å².